The van der Waals surface area contributed by atoms with Crippen LogP contribution in [0.25, 0.3) is 0 Å². The SMILES string of the molecule is Oc1ccccc1CNCCc1ncno1. The molecule has 5 heteroatoms. The summed E-state index contributed by atoms with van der Waals surface area (Å²) in [4.78, 5) is 3.91. The second-order valence-electron chi connectivity index (χ2n) is 3.39. The van der Waals surface area contributed by atoms with E-state index in [0.717, 1.165) is 12.1 Å². The van der Waals surface area contributed by atoms with Gasteiger partial charge in [-0.15, -0.1) is 0 Å². The van der Waals surface area contributed by atoms with Crippen LogP contribution in [0, 0.1) is 0 Å². The van der Waals surface area contributed by atoms with E-state index in [1.165, 1.54) is 6.33 Å². The lowest BCUT2D eigenvalue weighted by Gasteiger charge is -2.04. The summed E-state index contributed by atoms with van der Waals surface area (Å²) in [5, 5.41) is 16.2. The minimum absolute atomic E-state index is 0.313. The Morgan fingerprint density at radius 1 is 1.31 bits per heavy atom. The zero-order chi connectivity index (χ0) is 11.2. The van der Waals surface area contributed by atoms with Crippen molar-refractivity contribution in [3.63, 3.8) is 0 Å². The van der Waals surface area contributed by atoms with Crippen molar-refractivity contribution < 1.29 is 9.63 Å². The van der Waals surface area contributed by atoms with Crippen LogP contribution in [0.1, 0.15) is 11.5 Å². The van der Waals surface area contributed by atoms with Crippen molar-refractivity contribution in [1.29, 1.82) is 0 Å². The third kappa shape index (κ3) is 2.80. The summed E-state index contributed by atoms with van der Waals surface area (Å²) in [6, 6.07) is 7.26. The van der Waals surface area contributed by atoms with Crippen molar-refractivity contribution in [2.45, 2.75) is 13.0 Å². The quantitative estimate of drug-likeness (QED) is 0.737. The molecule has 16 heavy (non-hydrogen) atoms. The highest BCUT2D eigenvalue weighted by Gasteiger charge is 2.00. The average molecular weight is 219 g/mol. The fraction of sp³-hybridized carbons (Fsp3) is 0.273. The maximum atomic E-state index is 9.51. The van der Waals surface area contributed by atoms with E-state index in [0.29, 0.717) is 24.6 Å². The largest absolute Gasteiger partial charge is 0.508 e. The maximum absolute atomic E-state index is 9.51. The number of aromatic nitrogens is 2. The standard InChI is InChI=1S/C11H13N3O2/c15-10-4-2-1-3-9(10)7-12-6-5-11-13-8-14-16-11/h1-4,8,12,15H,5-7H2. The van der Waals surface area contributed by atoms with Crippen molar-refractivity contribution >= 4 is 0 Å². The van der Waals surface area contributed by atoms with Crippen LogP contribution in [0.15, 0.2) is 35.1 Å². The average Bonchev–Trinajstić information content (AvgIpc) is 2.79. The number of rotatable bonds is 5. The molecule has 2 aromatic rings. The molecule has 2 N–H and O–H groups in total. The molecular weight excluding hydrogens is 206 g/mol. The highest BCUT2D eigenvalue weighted by molar-refractivity contribution is 5.31. The molecular formula is C11H13N3O2. The second kappa shape index (κ2) is 5.27. The summed E-state index contributed by atoms with van der Waals surface area (Å²) in [6.45, 7) is 1.36. The molecule has 0 amide bonds. The lowest BCUT2D eigenvalue weighted by molar-refractivity contribution is 0.374. The molecule has 1 heterocycles. The number of phenolic OH excluding ortho intramolecular Hbond substituents is 1. The number of para-hydroxylation sites is 1. The summed E-state index contributed by atoms with van der Waals surface area (Å²) >= 11 is 0. The molecule has 1 aromatic carbocycles. The highest BCUT2D eigenvalue weighted by Crippen LogP contribution is 2.14. The van der Waals surface area contributed by atoms with Gasteiger partial charge in [0, 0.05) is 25.1 Å². The van der Waals surface area contributed by atoms with Crippen LogP contribution < -0.4 is 5.32 Å². The van der Waals surface area contributed by atoms with Crippen molar-refractivity contribution in [2.24, 2.45) is 0 Å². The van der Waals surface area contributed by atoms with Gasteiger partial charge < -0.3 is 14.9 Å². The van der Waals surface area contributed by atoms with Crippen LogP contribution in [0.2, 0.25) is 0 Å². The molecule has 0 saturated heterocycles. The summed E-state index contributed by atoms with van der Waals surface area (Å²) < 4.78 is 4.86. The molecule has 0 fully saturated rings. The molecule has 2 rings (SSSR count). The Hall–Kier alpha value is -1.88. The number of benzene rings is 1. The number of hydrogen-bond donors (Lipinski definition) is 2. The number of hydrogen-bond acceptors (Lipinski definition) is 5. The zero-order valence-electron chi connectivity index (χ0n) is 8.76. The Morgan fingerprint density at radius 3 is 2.94 bits per heavy atom. The summed E-state index contributed by atoms with van der Waals surface area (Å²) in [6.07, 6.45) is 2.08. The van der Waals surface area contributed by atoms with Crippen LogP contribution >= 0.6 is 0 Å². The predicted octanol–water partition coefficient (Wildman–Crippen LogP) is 1.11. The topological polar surface area (TPSA) is 71.2 Å². The minimum Gasteiger partial charge on any atom is -0.508 e. The first-order valence-electron chi connectivity index (χ1n) is 5.09. The van der Waals surface area contributed by atoms with Gasteiger partial charge in [0.1, 0.15) is 5.75 Å². The van der Waals surface area contributed by atoms with E-state index in [1.807, 2.05) is 12.1 Å². The Labute approximate surface area is 93.1 Å². The number of phenols is 1. The molecule has 0 bridgehead atoms. The third-order valence-corrected chi connectivity index (χ3v) is 2.23. The van der Waals surface area contributed by atoms with Gasteiger partial charge in [0.25, 0.3) is 0 Å². The highest BCUT2D eigenvalue weighted by atomic mass is 16.5. The van der Waals surface area contributed by atoms with Crippen molar-refractivity contribution in [1.82, 2.24) is 15.5 Å². The molecule has 0 aliphatic rings. The van der Waals surface area contributed by atoms with Gasteiger partial charge in [0.15, 0.2) is 6.33 Å². The molecule has 1 aromatic heterocycles. The smallest absolute Gasteiger partial charge is 0.227 e. The molecule has 0 spiro atoms. The van der Waals surface area contributed by atoms with E-state index < -0.39 is 0 Å². The Morgan fingerprint density at radius 2 is 2.19 bits per heavy atom. The van der Waals surface area contributed by atoms with Gasteiger partial charge in [-0.25, -0.2) is 0 Å². The van der Waals surface area contributed by atoms with Crippen LogP contribution in [-0.4, -0.2) is 21.8 Å². The maximum Gasteiger partial charge on any atom is 0.227 e. The number of nitrogens with one attached hydrogen (secondary N) is 1. The first kappa shape index (κ1) is 10.6. The van der Waals surface area contributed by atoms with Crippen LogP contribution in [0.3, 0.4) is 0 Å². The summed E-state index contributed by atoms with van der Waals surface area (Å²) in [7, 11) is 0. The second-order valence-corrected chi connectivity index (χ2v) is 3.39. The summed E-state index contributed by atoms with van der Waals surface area (Å²) in [5.74, 6) is 0.928. The van der Waals surface area contributed by atoms with E-state index in [4.69, 9.17) is 4.52 Å². The van der Waals surface area contributed by atoms with Gasteiger partial charge in [0.2, 0.25) is 5.89 Å². The molecule has 84 valence electrons. The fourth-order valence-electron chi connectivity index (χ4n) is 1.38. The van der Waals surface area contributed by atoms with Gasteiger partial charge in [0.05, 0.1) is 0 Å². The van der Waals surface area contributed by atoms with Gasteiger partial charge >= 0.3 is 0 Å². The Balaban J connectivity index is 1.74. The van der Waals surface area contributed by atoms with Gasteiger partial charge in [-0.2, -0.15) is 4.98 Å². The van der Waals surface area contributed by atoms with Crippen molar-refractivity contribution in [2.75, 3.05) is 6.54 Å². The number of nitrogens with zero attached hydrogens (tertiary/aromatic N) is 2. The van der Waals surface area contributed by atoms with E-state index in [1.54, 1.807) is 12.1 Å². The first-order chi connectivity index (χ1) is 7.86. The molecule has 0 unspecified atom stereocenters. The monoisotopic (exact) mass is 219 g/mol. The third-order valence-electron chi connectivity index (χ3n) is 2.23. The van der Waals surface area contributed by atoms with E-state index in [-0.39, 0.29) is 0 Å². The van der Waals surface area contributed by atoms with E-state index in [2.05, 4.69) is 15.5 Å². The van der Waals surface area contributed by atoms with Crippen LogP contribution in [-0.2, 0) is 13.0 Å². The predicted molar refractivity (Wildman–Crippen MR) is 57.8 cm³/mol. The molecule has 0 atom stereocenters. The molecule has 0 saturated carbocycles. The summed E-state index contributed by atoms with van der Waals surface area (Å²) in [5.41, 5.74) is 0.882. The zero-order valence-corrected chi connectivity index (χ0v) is 8.76. The lowest BCUT2D eigenvalue weighted by Crippen LogP contribution is -2.16. The van der Waals surface area contributed by atoms with Gasteiger partial charge in [-0.1, -0.05) is 23.4 Å². The lowest BCUT2D eigenvalue weighted by atomic mass is 10.2. The van der Waals surface area contributed by atoms with Crippen LogP contribution in [0.5, 0.6) is 5.75 Å². The molecule has 0 aliphatic carbocycles. The van der Waals surface area contributed by atoms with Crippen LogP contribution in [0.4, 0.5) is 0 Å². The van der Waals surface area contributed by atoms with Crippen molar-refractivity contribution in [3.05, 3.63) is 42.0 Å². The first-order valence-corrected chi connectivity index (χ1v) is 5.09. The number of aromatic hydroxyl groups is 1. The molecule has 0 radical (unpaired) electrons. The van der Waals surface area contributed by atoms with Crippen molar-refractivity contribution in [3.8, 4) is 5.75 Å². The Kier molecular flexibility index (Phi) is 3.50. The van der Waals surface area contributed by atoms with E-state index in [9.17, 15) is 5.11 Å². The van der Waals surface area contributed by atoms with E-state index >= 15 is 0 Å². The minimum atomic E-state index is 0.313. The molecule has 0 aliphatic heterocycles. The molecule has 5 nitrogen and oxygen atoms in total. The Bertz CT molecular complexity index is 429. The normalized spacial score (nSPS) is 10.5. The van der Waals surface area contributed by atoms with Gasteiger partial charge in [-0.3, -0.25) is 0 Å². The fourth-order valence-corrected chi connectivity index (χ4v) is 1.38. The van der Waals surface area contributed by atoms with Gasteiger partial charge in [-0.05, 0) is 6.07 Å².